The molecular weight excluding hydrogens is 238 g/mol. The van der Waals surface area contributed by atoms with Crippen molar-refractivity contribution in [3.8, 4) is 0 Å². The first-order valence-electron chi connectivity index (χ1n) is 7.28. The van der Waals surface area contributed by atoms with Gasteiger partial charge in [-0.2, -0.15) is 0 Å². The van der Waals surface area contributed by atoms with Crippen LogP contribution in [-0.4, -0.2) is 28.8 Å². The first-order valence-corrected chi connectivity index (χ1v) is 8.16. The van der Waals surface area contributed by atoms with Gasteiger partial charge in [-0.1, -0.05) is 25.1 Å². The molecule has 0 aromatic heterocycles. The predicted octanol–water partition coefficient (Wildman–Crippen LogP) is 3.97. The second kappa shape index (κ2) is 5.26. The highest BCUT2D eigenvalue weighted by Gasteiger charge is 2.33. The molecule has 0 amide bonds. The van der Waals surface area contributed by atoms with Crippen LogP contribution in [0.1, 0.15) is 38.7 Å². The lowest BCUT2D eigenvalue weighted by molar-refractivity contribution is 0.199. The number of thioether (sulfide) groups is 1. The normalized spacial score (nSPS) is 31.8. The van der Waals surface area contributed by atoms with Gasteiger partial charge in [-0.05, 0) is 44.2 Å². The fourth-order valence-corrected chi connectivity index (χ4v) is 4.81. The van der Waals surface area contributed by atoms with Crippen LogP contribution in [0, 0.1) is 0 Å². The van der Waals surface area contributed by atoms with Crippen molar-refractivity contribution in [1.29, 1.82) is 0 Å². The van der Waals surface area contributed by atoms with Crippen LogP contribution < -0.4 is 0 Å². The summed E-state index contributed by atoms with van der Waals surface area (Å²) in [5.74, 6) is 0. The molecule has 1 saturated heterocycles. The van der Waals surface area contributed by atoms with Crippen molar-refractivity contribution in [2.45, 2.75) is 61.8 Å². The van der Waals surface area contributed by atoms with E-state index in [0.29, 0.717) is 0 Å². The Labute approximate surface area is 115 Å². The molecule has 1 nitrogen and oxygen atoms in total. The standard InChI is InChI=1S/C16H23NS/c1-3-14-9-8-12(2)17(14)11-15-10-13-6-4-5-7-16(13)18-15/h4-7,12,14-15H,3,8-11H2,1-2H3. The van der Waals surface area contributed by atoms with Crippen molar-refractivity contribution in [3.63, 3.8) is 0 Å². The van der Waals surface area contributed by atoms with Gasteiger partial charge in [-0.3, -0.25) is 4.90 Å². The Morgan fingerprint density at radius 3 is 2.89 bits per heavy atom. The molecule has 0 radical (unpaired) electrons. The van der Waals surface area contributed by atoms with Gasteiger partial charge in [0.05, 0.1) is 0 Å². The zero-order chi connectivity index (χ0) is 12.5. The van der Waals surface area contributed by atoms with Crippen molar-refractivity contribution < 1.29 is 0 Å². The summed E-state index contributed by atoms with van der Waals surface area (Å²) in [6, 6.07) is 10.6. The Balaban J connectivity index is 1.65. The topological polar surface area (TPSA) is 3.24 Å². The van der Waals surface area contributed by atoms with Crippen molar-refractivity contribution in [2.24, 2.45) is 0 Å². The van der Waals surface area contributed by atoms with Gasteiger partial charge >= 0.3 is 0 Å². The monoisotopic (exact) mass is 261 g/mol. The van der Waals surface area contributed by atoms with Crippen molar-refractivity contribution in [1.82, 2.24) is 4.90 Å². The van der Waals surface area contributed by atoms with Gasteiger partial charge in [0.2, 0.25) is 0 Å². The average Bonchev–Trinajstić information content (AvgIpc) is 2.94. The summed E-state index contributed by atoms with van der Waals surface area (Å²) in [4.78, 5) is 4.28. The van der Waals surface area contributed by atoms with Crippen molar-refractivity contribution in [2.75, 3.05) is 6.54 Å². The Kier molecular flexibility index (Phi) is 3.67. The summed E-state index contributed by atoms with van der Waals surface area (Å²) >= 11 is 2.10. The lowest BCUT2D eigenvalue weighted by atomic mass is 10.1. The predicted molar refractivity (Wildman–Crippen MR) is 79.3 cm³/mol. The minimum absolute atomic E-state index is 0.775. The molecule has 3 atom stereocenters. The fraction of sp³-hybridized carbons (Fsp3) is 0.625. The van der Waals surface area contributed by atoms with Crippen molar-refractivity contribution in [3.05, 3.63) is 29.8 Å². The molecule has 2 heteroatoms. The van der Waals surface area contributed by atoms with Crippen LogP contribution in [0.3, 0.4) is 0 Å². The largest absolute Gasteiger partial charge is 0.297 e. The number of rotatable bonds is 3. The van der Waals surface area contributed by atoms with Gasteiger partial charge in [0.25, 0.3) is 0 Å². The number of hydrogen-bond acceptors (Lipinski definition) is 2. The van der Waals surface area contributed by atoms with Gasteiger partial charge in [-0.15, -0.1) is 11.8 Å². The molecule has 2 aliphatic heterocycles. The second-order valence-corrected chi connectivity index (χ2v) is 7.08. The highest BCUT2D eigenvalue weighted by atomic mass is 32.2. The Hall–Kier alpha value is -0.470. The van der Waals surface area contributed by atoms with Crippen LogP contribution in [0.4, 0.5) is 0 Å². The molecule has 2 heterocycles. The first kappa shape index (κ1) is 12.6. The van der Waals surface area contributed by atoms with Crippen LogP contribution in [0.15, 0.2) is 29.2 Å². The summed E-state index contributed by atoms with van der Waals surface area (Å²) in [5, 5.41) is 0.775. The van der Waals surface area contributed by atoms with Crippen LogP contribution >= 0.6 is 11.8 Å². The van der Waals surface area contributed by atoms with Crippen molar-refractivity contribution >= 4 is 11.8 Å². The molecule has 0 N–H and O–H groups in total. The molecule has 0 saturated carbocycles. The quantitative estimate of drug-likeness (QED) is 0.810. The van der Waals surface area contributed by atoms with Crippen LogP contribution in [0.5, 0.6) is 0 Å². The highest BCUT2D eigenvalue weighted by Crippen LogP contribution is 2.38. The summed E-state index contributed by atoms with van der Waals surface area (Å²) < 4.78 is 0. The van der Waals surface area contributed by atoms with Gasteiger partial charge in [0.1, 0.15) is 0 Å². The van der Waals surface area contributed by atoms with E-state index in [4.69, 9.17) is 0 Å². The number of fused-ring (bicyclic) bond motifs is 1. The number of benzene rings is 1. The highest BCUT2D eigenvalue weighted by molar-refractivity contribution is 8.00. The van der Waals surface area contributed by atoms with Crippen LogP contribution in [0.25, 0.3) is 0 Å². The van der Waals surface area contributed by atoms with E-state index < -0.39 is 0 Å². The fourth-order valence-electron chi connectivity index (χ4n) is 3.48. The maximum absolute atomic E-state index is 2.77. The third-order valence-corrected chi connectivity index (χ3v) is 5.85. The zero-order valence-electron chi connectivity index (χ0n) is 11.4. The molecule has 1 aromatic rings. The molecule has 3 rings (SSSR count). The van der Waals surface area contributed by atoms with E-state index in [-0.39, 0.29) is 0 Å². The number of hydrogen-bond donors (Lipinski definition) is 0. The first-order chi connectivity index (χ1) is 8.78. The van der Waals surface area contributed by atoms with E-state index >= 15 is 0 Å². The maximum Gasteiger partial charge on any atom is 0.0263 e. The molecule has 1 aromatic carbocycles. The SMILES string of the molecule is CCC1CCC(C)N1CC1Cc2ccccc2S1. The molecule has 18 heavy (non-hydrogen) atoms. The van der Waals surface area contributed by atoms with E-state index in [1.54, 1.807) is 5.56 Å². The Morgan fingerprint density at radius 2 is 2.11 bits per heavy atom. The number of likely N-dealkylation sites (tertiary alicyclic amines) is 1. The van der Waals surface area contributed by atoms with Crippen LogP contribution in [0.2, 0.25) is 0 Å². The van der Waals surface area contributed by atoms with Gasteiger partial charge in [-0.25, -0.2) is 0 Å². The van der Waals surface area contributed by atoms with Gasteiger partial charge < -0.3 is 0 Å². The third kappa shape index (κ3) is 2.33. The van der Waals surface area contributed by atoms with Gasteiger partial charge in [0.15, 0.2) is 0 Å². The molecular formula is C16H23NS. The smallest absolute Gasteiger partial charge is 0.0263 e. The second-order valence-electron chi connectivity index (χ2n) is 5.74. The van der Waals surface area contributed by atoms with Gasteiger partial charge in [0, 0.05) is 28.8 Å². The lowest BCUT2D eigenvalue weighted by Gasteiger charge is -2.30. The molecule has 0 bridgehead atoms. The molecule has 0 spiro atoms. The summed E-state index contributed by atoms with van der Waals surface area (Å²) in [6.07, 6.45) is 5.38. The van der Waals surface area contributed by atoms with E-state index in [0.717, 1.165) is 17.3 Å². The minimum atomic E-state index is 0.775. The maximum atomic E-state index is 2.77. The number of nitrogens with zero attached hydrogens (tertiary/aromatic N) is 1. The van der Waals surface area contributed by atoms with E-state index in [1.807, 2.05) is 0 Å². The van der Waals surface area contributed by atoms with E-state index in [9.17, 15) is 0 Å². The summed E-state index contributed by atoms with van der Waals surface area (Å²) in [6.45, 7) is 6.02. The molecule has 98 valence electrons. The molecule has 0 aliphatic carbocycles. The van der Waals surface area contributed by atoms with E-state index in [1.165, 1.54) is 37.1 Å². The third-order valence-electron chi connectivity index (χ3n) is 4.55. The van der Waals surface area contributed by atoms with E-state index in [2.05, 4.69) is 54.8 Å². The molecule has 1 fully saturated rings. The Bertz CT molecular complexity index is 392. The zero-order valence-corrected chi connectivity index (χ0v) is 12.2. The van der Waals surface area contributed by atoms with Crippen LogP contribution in [-0.2, 0) is 6.42 Å². The lowest BCUT2D eigenvalue weighted by Crippen LogP contribution is -2.39. The summed E-state index contributed by atoms with van der Waals surface area (Å²) in [7, 11) is 0. The average molecular weight is 261 g/mol. The molecule has 2 aliphatic rings. The summed E-state index contributed by atoms with van der Waals surface area (Å²) in [5.41, 5.74) is 1.56. The Morgan fingerprint density at radius 1 is 1.28 bits per heavy atom. The molecule has 3 unspecified atom stereocenters. The minimum Gasteiger partial charge on any atom is -0.297 e.